The second kappa shape index (κ2) is 4.57. The molecule has 6 nitrogen and oxygen atoms in total. The number of aliphatic carboxylic acids is 1. The van der Waals surface area contributed by atoms with Crippen molar-refractivity contribution in [3.05, 3.63) is 17.5 Å². The third kappa shape index (κ3) is 2.83. The zero-order valence-electron chi connectivity index (χ0n) is 10.4. The first-order valence-electron chi connectivity index (χ1n) is 5.25. The summed E-state index contributed by atoms with van der Waals surface area (Å²) < 4.78 is 0. The van der Waals surface area contributed by atoms with E-state index < -0.39 is 11.5 Å². The van der Waals surface area contributed by atoms with Crippen molar-refractivity contribution in [1.29, 1.82) is 0 Å². The number of amides is 1. The van der Waals surface area contributed by atoms with Gasteiger partial charge in [-0.15, -0.1) is 0 Å². The van der Waals surface area contributed by atoms with E-state index in [0.29, 0.717) is 5.69 Å². The zero-order chi connectivity index (χ0) is 13.2. The zero-order valence-corrected chi connectivity index (χ0v) is 10.4. The molecule has 0 radical (unpaired) electrons. The van der Waals surface area contributed by atoms with E-state index >= 15 is 0 Å². The molecule has 1 heterocycles. The highest BCUT2D eigenvalue weighted by Gasteiger charge is 2.31. The van der Waals surface area contributed by atoms with Gasteiger partial charge in [0.05, 0.1) is 12.6 Å². The molecule has 17 heavy (non-hydrogen) atoms. The normalized spacial score (nSPS) is 11.3. The molecular formula is C11H17N3O3. The summed E-state index contributed by atoms with van der Waals surface area (Å²) in [5.41, 5.74) is 0.388. The van der Waals surface area contributed by atoms with Crippen LogP contribution in [0.3, 0.4) is 0 Å². The maximum absolute atomic E-state index is 12.1. The van der Waals surface area contributed by atoms with Gasteiger partial charge in [0.25, 0.3) is 5.91 Å². The van der Waals surface area contributed by atoms with Crippen LogP contribution in [0, 0.1) is 6.92 Å². The molecule has 0 aromatic carbocycles. The van der Waals surface area contributed by atoms with Crippen molar-refractivity contribution < 1.29 is 14.7 Å². The third-order valence-corrected chi connectivity index (χ3v) is 2.84. The number of H-pyrrole nitrogens is 1. The number of aromatic nitrogens is 2. The predicted octanol–water partition coefficient (Wildman–Crippen LogP) is 1.04. The largest absolute Gasteiger partial charge is 0.481 e. The van der Waals surface area contributed by atoms with Crippen LogP contribution in [-0.2, 0) is 4.79 Å². The van der Waals surface area contributed by atoms with Crippen LogP contribution in [0.5, 0.6) is 0 Å². The Morgan fingerprint density at radius 1 is 1.53 bits per heavy atom. The minimum atomic E-state index is -0.934. The van der Waals surface area contributed by atoms with Crippen LogP contribution in [-0.4, -0.2) is 44.7 Å². The molecule has 0 aliphatic carbocycles. The Hall–Kier alpha value is -1.85. The van der Waals surface area contributed by atoms with Crippen LogP contribution < -0.4 is 0 Å². The van der Waals surface area contributed by atoms with E-state index in [1.54, 1.807) is 34.0 Å². The number of rotatable bonds is 4. The summed E-state index contributed by atoms with van der Waals surface area (Å²) in [7, 11) is 1.59. The average Bonchev–Trinajstić information content (AvgIpc) is 2.60. The van der Waals surface area contributed by atoms with Crippen LogP contribution in [0.4, 0.5) is 0 Å². The Morgan fingerprint density at radius 3 is 2.53 bits per heavy atom. The monoisotopic (exact) mass is 239 g/mol. The van der Waals surface area contributed by atoms with Gasteiger partial charge in [-0.25, -0.2) is 0 Å². The van der Waals surface area contributed by atoms with Crippen molar-refractivity contribution in [3.8, 4) is 0 Å². The minimum absolute atomic E-state index is 0.109. The van der Waals surface area contributed by atoms with Crippen LogP contribution in [0.2, 0.25) is 0 Å². The average molecular weight is 239 g/mol. The number of carbonyl (C=O) groups is 2. The van der Waals surface area contributed by atoms with Gasteiger partial charge in [0.2, 0.25) is 0 Å². The summed E-state index contributed by atoms with van der Waals surface area (Å²) in [6, 6.07) is 0. The van der Waals surface area contributed by atoms with Gasteiger partial charge in [0.15, 0.2) is 0 Å². The van der Waals surface area contributed by atoms with E-state index in [1.165, 1.54) is 4.90 Å². The number of carboxylic acid groups (broad SMARTS) is 1. The Labute approximate surface area is 99.6 Å². The first kappa shape index (κ1) is 13.2. The third-order valence-electron chi connectivity index (χ3n) is 2.84. The molecule has 0 saturated heterocycles. The summed E-state index contributed by atoms with van der Waals surface area (Å²) in [5, 5.41) is 15.2. The van der Waals surface area contributed by atoms with Crippen LogP contribution in [0.25, 0.3) is 0 Å². The van der Waals surface area contributed by atoms with Gasteiger partial charge in [0, 0.05) is 12.6 Å². The quantitative estimate of drug-likeness (QED) is 0.822. The topological polar surface area (TPSA) is 86.3 Å². The molecule has 0 bridgehead atoms. The molecule has 0 spiro atoms. The van der Waals surface area contributed by atoms with E-state index in [4.69, 9.17) is 5.11 Å². The fraction of sp³-hybridized carbons (Fsp3) is 0.545. The van der Waals surface area contributed by atoms with Crippen molar-refractivity contribution in [1.82, 2.24) is 15.1 Å². The van der Waals surface area contributed by atoms with Crippen molar-refractivity contribution in [2.24, 2.45) is 0 Å². The van der Waals surface area contributed by atoms with Crippen LogP contribution in [0.15, 0.2) is 6.20 Å². The molecule has 0 unspecified atom stereocenters. The van der Waals surface area contributed by atoms with E-state index in [2.05, 4.69) is 10.2 Å². The Morgan fingerprint density at radius 2 is 2.12 bits per heavy atom. The first-order chi connectivity index (χ1) is 7.75. The van der Waals surface area contributed by atoms with Crippen molar-refractivity contribution in [3.63, 3.8) is 0 Å². The van der Waals surface area contributed by atoms with Gasteiger partial charge in [0.1, 0.15) is 5.69 Å². The molecule has 1 aromatic rings. The first-order valence-corrected chi connectivity index (χ1v) is 5.25. The number of carboxylic acids is 1. The molecule has 1 amide bonds. The number of hydrogen-bond donors (Lipinski definition) is 2. The lowest BCUT2D eigenvalue weighted by Crippen LogP contribution is -2.46. The number of carbonyl (C=O) groups excluding carboxylic acids is 1. The second-order valence-corrected chi connectivity index (χ2v) is 4.68. The maximum Gasteiger partial charge on any atom is 0.305 e. The van der Waals surface area contributed by atoms with Gasteiger partial charge in [-0.2, -0.15) is 5.10 Å². The Bertz CT molecular complexity index is 437. The van der Waals surface area contributed by atoms with Crippen molar-refractivity contribution >= 4 is 11.9 Å². The van der Waals surface area contributed by atoms with E-state index in [9.17, 15) is 9.59 Å². The lowest BCUT2D eigenvalue weighted by atomic mass is 9.98. The highest BCUT2D eigenvalue weighted by atomic mass is 16.4. The lowest BCUT2D eigenvalue weighted by Gasteiger charge is -2.34. The van der Waals surface area contributed by atoms with E-state index in [1.807, 2.05) is 0 Å². The number of hydrogen-bond acceptors (Lipinski definition) is 3. The molecule has 0 fully saturated rings. The fourth-order valence-corrected chi connectivity index (χ4v) is 1.49. The van der Waals surface area contributed by atoms with Crippen molar-refractivity contribution in [2.75, 3.05) is 7.05 Å². The maximum atomic E-state index is 12.1. The molecule has 1 rings (SSSR count). The number of aryl methyl sites for hydroxylation is 1. The highest BCUT2D eigenvalue weighted by Crippen LogP contribution is 2.20. The molecule has 1 aromatic heterocycles. The predicted molar refractivity (Wildman–Crippen MR) is 61.8 cm³/mol. The molecule has 2 N–H and O–H groups in total. The number of nitrogens with one attached hydrogen (secondary N) is 1. The summed E-state index contributed by atoms with van der Waals surface area (Å²) in [6.45, 7) is 5.20. The molecule has 0 atom stereocenters. The second-order valence-electron chi connectivity index (χ2n) is 4.68. The summed E-state index contributed by atoms with van der Waals surface area (Å²) in [6.07, 6.45) is 1.45. The molecule has 6 heteroatoms. The van der Waals surface area contributed by atoms with Gasteiger partial charge < -0.3 is 10.0 Å². The Balaban J connectivity index is 2.90. The van der Waals surface area contributed by atoms with Crippen LogP contribution in [0.1, 0.15) is 36.3 Å². The van der Waals surface area contributed by atoms with Gasteiger partial charge in [-0.1, -0.05) is 0 Å². The van der Waals surface area contributed by atoms with Crippen molar-refractivity contribution in [2.45, 2.75) is 32.7 Å². The minimum Gasteiger partial charge on any atom is -0.481 e. The number of nitrogens with zero attached hydrogens (tertiary/aromatic N) is 2. The van der Waals surface area contributed by atoms with E-state index in [-0.39, 0.29) is 12.3 Å². The molecular weight excluding hydrogens is 222 g/mol. The standard InChI is InChI=1S/C11H17N3O3/c1-7-6-12-13-9(7)10(17)14(4)11(2,3)5-8(15)16/h6H,5H2,1-4H3,(H,12,13)(H,15,16). The number of aromatic amines is 1. The van der Waals surface area contributed by atoms with Gasteiger partial charge in [-0.05, 0) is 26.3 Å². The molecule has 0 aliphatic heterocycles. The molecule has 94 valence electrons. The smallest absolute Gasteiger partial charge is 0.305 e. The lowest BCUT2D eigenvalue weighted by molar-refractivity contribution is -0.139. The summed E-state index contributed by atoms with van der Waals surface area (Å²) in [5.74, 6) is -1.19. The van der Waals surface area contributed by atoms with Gasteiger partial charge >= 0.3 is 5.97 Å². The summed E-state index contributed by atoms with van der Waals surface area (Å²) in [4.78, 5) is 24.3. The molecule has 0 saturated carbocycles. The highest BCUT2D eigenvalue weighted by molar-refractivity contribution is 5.94. The summed E-state index contributed by atoms with van der Waals surface area (Å²) >= 11 is 0. The Kier molecular flexibility index (Phi) is 3.55. The van der Waals surface area contributed by atoms with Crippen LogP contribution >= 0.6 is 0 Å². The molecule has 0 aliphatic rings. The van der Waals surface area contributed by atoms with Gasteiger partial charge in [-0.3, -0.25) is 14.7 Å². The SMILES string of the molecule is Cc1cn[nH]c1C(=O)N(C)C(C)(C)CC(=O)O. The fourth-order valence-electron chi connectivity index (χ4n) is 1.49. The van der Waals surface area contributed by atoms with E-state index in [0.717, 1.165) is 5.56 Å².